The number of benzene rings is 1. The zero-order chi connectivity index (χ0) is 18.7. The molecule has 0 radical (unpaired) electrons. The van der Waals surface area contributed by atoms with Crippen LogP contribution in [0.25, 0.3) is 6.08 Å². The molecule has 0 saturated carbocycles. The Kier molecular flexibility index (Phi) is 6.33. The Bertz CT molecular complexity index is 761. The first kappa shape index (κ1) is 19.6. The summed E-state index contributed by atoms with van der Waals surface area (Å²) in [5, 5.41) is 8.45. The summed E-state index contributed by atoms with van der Waals surface area (Å²) in [6, 6.07) is 3.15. The van der Waals surface area contributed by atoms with E-state index in [4.69, 9.17) is 14.6 Å². The molecular formula is C16H16INO6S. The zero-order valence-electron chi connectivity index (χ0n) is 13.7. The highest BCUT2D eigenvalue weighted by atomic mass is 127. The number of thioether (sulfide) groups is 1. The van der Waals surface area contributed by atoms with E-state index in [1.165, 1.54) is 12.0 Å². The van der Waals surface area contributed by atoms with Gasteiger partial charge >= 0.3 is 5.97 Å². The molecule has 7 nitrogen and oxygen atoms in total. The van der Waals surface area contributed by atoms with Gasteiger partial charge in [-0.15, -0.1) is 0 Å². The number of rotatable bonds is 6. The molecule has 1 aromatic carbocycles. The Labute approximate surface area is 162 Å². The molecule has 1 aliphatic rings. The lowest BCUT2D eigenvalue weighted by Gasteiger charge is -2.16. The minimum atomic E-state index is -1.09. The van der Waals surface area contributed by atoms with Gasteiger partial charge in [0, 0.05) is 6.04 Å². The van der Waals surface area contributed by atoms with Gasteiger partial charge in [-0.2, -0.15) is 0 Å². The molecule has 1 N–H and O–H groups in total. The molecule has 25 heavy (non-hydrogen) atoms. The Balaban J connectivity index is 2.35. The maximum absolute atomic E-state index is 12.3. The van der Waals surface area contributed by atoms with Gasteiger partial charge in [0.1, 0.15) is 0 Å². The van der Waals surface area contributed by atoms with Gasteiger partial charge < -0.3 is 14.6 Å². The first-order valence-corrected chi connectivity index (χ1v) is 9.13. The quantitative estimate of drug-likeness (QED) is 0.497. The van der Waals surface area contributed by atoms with Gasteiger partial charge in [-0.05, 0) is 72.0 Å². The topological polar surface area (TPSA) is 93.1 Å². The molecule has 1 heterocycles. The van der Waals surface area contributed by atoms with Crippen LogP contribution in [0.4, 0.5) is 4.79 Å². The van der Waals surface area contributed by atoms with E-state index in [1.54, 1.807) is 32.1 Å². The molecule has 0 aliphatic carbocycles. The normalized spacial score (nSPS) is 16.0. The van der Waals surface area contributed by atoms with Gasteiger partial charge in [-0.3, -0.25) is 14.5 Å². The van der Waals surface area contributed by atoms with Crippen molar-refractivity contribution >= 4 is 57.5 Å². The molecule has 134 valence electrons. The van der Waals surface area contributed by atoms with Gasteiger partial charge in [0.25, 0.3) is 11.1 Å². The third kappa shape index (κ3) is 4.46. The third-order valence-electron chi connectivity index (χ3n) is 3.23. The van der Waals surface area contributed by atoms with E-state index >= 15 is 0 Å². The summed E-state index contributed by atoms with van der Waals surface area (Å²) >= 11 is 2.89. The van der Waals surface area contributed by atoms with Crippen LogP contribution >= 0.6 is 34.4 Å². The molecule has 2 amide bonds. The van der Waals surface area contributed by atoms with E-state index in [-0.39, 0.29) is 17.2 Å². The number of carbonyl (C=O) groups excluding carboxylic acids is 2. The summed E-state index contributed by atoms with van der Waals surface area (Å²) in [5.41, 5.74) is 0.651. The number of carbonyl (C=O) groups is 3. The van der Waals surface area contributed by atoms with Crippen molar-refractivity contribution < 1.29 is 29.0 Å². The fourth-order valence-electron chi connectivity index (χ4n) is 2.17. The number of ether oxygens (including phenoxy) is 2. The van der Waals surface area contributed by atoms with Crippen molar-refractivity contribution in [2.45, 2.75) is 19.9 Å². The van der Waals surface area contributed by atoms with E-state index in [0.717, 1.165) is 11.8 Å². The van der Waals surface area contributed by atoms with Crippen molar-refractivity contribution in [3.63, 3.8) is 0 Å². The van der Waals surface area contributed by atoms with Crippen molar-refractivity contribution in [2.75, 3.05) is 13.7 Å². The average Bonchev–Trinajstić information content (AvgIpc) is 2.79. The molecule has 1 aliphatic heterocycles. The standard InChI is InChI=1S/C16H16INO6S/c1-8(2)18-15(21)12(25-16(18)22)6-9-4-10(17)14(11(5-9)23-3)24-7-13(19)20/h4-6,8H,7H2,1-3H3,(H,19,20)/b12-6+. The van der Waals surface area contributed by atoms with Gasteiger partial charge in [-0.25, -0.2) is 4.79 Å². The highest BCUT2D eigenvalue weighted by Gasteiger charge is 2.36. The van der Waals surface area contributed by atoms with E-state index in [1.807, 2.05) is 22.6 Å². The zero-order valence-corrected chi connectivity index (χ0v) is 16.7. The molecule has 0 unspecified atom stereocenters. The lowest BCUT2D eigenvalue weighted by molar-refractivity contribution is -0.139. The van der Waals surface area contributed by atoms with Crippen molar-refractivity contribution in [3.8, 4) is 11.5 Å². The maximum Gasteiger partial charge on any atom is 0.341 e. The molecule has 1 aromatic rings. The Morgan fingerprint density at radius 2 is 2.08 bits per heavy atom. The van der Waals surface area contributed by atoms with Crippen LogP contribution in [0, 0.1) is 3.57 Å². The van der Waals surface area contributed by atoms with Crippen LogP contribution in [-0.2, 0) is 9.59 Å². The number of hydrogen-bond donors (Lipinski definition) is 1. The largest absolute Gasteiger partial charge is 0.493 e. The van der Waals surface area contributed by atoms with E-state index in [2.05, 4.69) is 0 Å². The molecule has 0 spiro atoms. The number of amides is 2. The number of imide groups is 1. The summed E-state index contributed by atoms with van der Waals surface area (Å²) in [6.45, 7) is 3.07. The van der Waals surface area contributed by atoms with E-state index in [9.17, 15) is 14.4 Å². The summed E-state index contributed by atoms with van der Waals surface area (Å²) in [4.78, 5) is 36.5. The number of nitrogens with zero attached hydrogens (tertiary/aromatic N) is 1. The Hall–Kier alpha value is -1.75. The van der Waals surface area contributed by atoms with E-state index < -0.39 is 12.6 Å². The second-order valence-electron chi connectivity index (χ2n) is 5.36. The predicted molar refractivity (Wildman–Crippen MR) is 102 cm³/mol. The second kappa shape index (κ2) is 8.09. The van der Waals surface area contributed by atoms with Crippen LogP contribution in [0.2, 0.25) is 0 Å². The van der Waals surface area contributed by atoms with Gasteiger partial charge in [0.15, 0.2) is 18.1 Å². The minimum Gasteiger partial charge on any atom is -0.493 e. The van der Waals surface area contributed by atoms with Crippen molar-refractivity contribution in [2.24, 2.45) is 0 Å². The minimum absolute atomic E-state index is 0.208. The van der Waals surface area contributed by atoms with Gasteiger partial charge in [0.05, 0.1) is 15.6 Å². The smallest absolute Gasteiger partial charge is 0.341 e. The molecule has 1 fully saturated rings. The Morgan fingerprint density at radius 1 is 1.40 bits per heavy atom. The molecule has 0 aromatic heterocycles. The van der Waals surface area contributed by atoms with Crippen LogP contribution in [0.3, 0.4) is 0 Å². The van der Waals surface area contributed by atoms with Crippen LogP contribution in [-0.4, -0.2) is 46.9 Å². The Morgan fingerprint density at radius 3 is 2.60 bits per heavy atom. The fraction of sp³-hybridized carbons (Fsp3) is 0.312. The van der Waals surface area contributed by atoms with Crippen molar-refractivity contribution in [1.82, 2.24) is 4.90 Å². The molecule has 0 atom stereocenters. The van der Waals surface area contributed by atoms with Gasteiger partial charge in [-0.1, -0.05) is 0 Å². The summed E-state index contributed by atoms with van der Waals surface area (Å²) in [7, 11) is 1.44. The van der Waals surface area contributed by atoms with Gasteiger partial charge in [0.2, 0.25) is 0 Å². The molecule has 9 heteroatoms. The molecular weight excluding hydrogens is 461 g/mol. The third-order valence-corrected chi connectivity index (χ3v) is 4.91. The number of halogens is 1. The number of aliphatic carboxylic acids is 1. The maximum atomic E-state index is 12.3. The summed E-state index contributed by atoms with van der Waals surface area (Å²) < 4.78 is 11.1. The van der Waals surface area contributed by atoms with Crippen LogP contribution in [0.5, 0.6) is 11.5 Å². The van der Waals surface area contributed by atoms with Crippen LogP contribution in [0.1, 0.15) is 19.4 Å². The first-order valence-electron chi connectivity index (χ1n) is 7.23. The second-order valence-corrected chi connectivity index (χ2v) is 7.52. The number of carboxylic acids is 1. The van der Waals surface area contributed by atoms with Crippen molar-refractivity contribution in [1.29, 1.82) is 0 Å². The summed E-state index contributed by atoms with van der Waals surface area (Å²) in [5.74, 6) is -0.755. The molecule has 0 bridgehead atoms. The molecule has 2 rings (SSSR count). The lowest BCUT2D eigenvalue weighted by Crippen LogP contribution is -2.34. The predicted octanol–water partition coefficient (Wildman–Crippen LogP) is 3.21. The highest BCUT2D eigenvalue weighted by molar-refractivity contribution is 14.1. The number of hydrogen-bond acceptors (Lipinski definition) is 6. The molecule has 1 saturated heterocycles. The SMILES string of the molecule is COc1cc(/C=C2/SC(=O)N(C(C)C)C2=O)cc(I)c1OCC(=O)O. The van der Waals surface area contributed by atoms with E-state index in [0.29, 0.717) is 25.5 Å². The fourth-order valence-corrected chi connectivity index (χ4v) is 3.92. The summed E-state index contributed by atoms with van der Waals surface area (Å²) in [6.07, 6.45) is 1.61. The average molecular weight is 477 g/mol. The van der Waals surface area contributed by atoms with Crippen LogP contribution in [0.15, 0.2) is 17.0 Å². The lowest BCUT2D eigenvalue weighted by atomic mass is 10.1. The van der Waals surface area contributed by atoms with Crippen LogP contribution < -0.4 is 9.47 Å². The highest BCUT2D eigenvalue weighted by Crippen LogP contribution is 2.37. The van der Waals surface area contributed by atoms with Crippen molar-refractivity contribution in [3.05, 3.63) is 26.2 Å². The number of carboxylic acid groups (broad SMARTS) is 1. The monoisotopic (exact) mass is 477 g/mol. The number of methoxy groups -OCH3 is 1. The first-order chi connectivity index (χ1) is 11.7.